The van der Waals surface area contributed by atoms with Gasteiger partial charge in [0.15, 0.2) is 0 Å². The molecule has 11 unspecified atom stereocenters. The molecular weight excluding hydrogens is 695 g/mol. The number of hydrogen-bond acceptors (Lipinski definition) is 5. The van der Waals surface area contributed by atoms with E-state index in [-0.39, 0.29) is 53.1 Å². The number of rotatable bonds is 26. The van der Waals surface area contributed by atoms with Crippen molar-refractivity contribution in [2.75, 3.05) is 27.2 Å². The first-order valence-corrected chi connectivity index (χ1v) is 24.8. The van der Waals surface area contributed by atoms with E-state index in [2.05, 4.69) is 48.7 Å². The van der Waals surface area contributed by atoms with Gasteiger partial charge in [0, 0.05) is 5.97 Å². The Morgan fingerprint density at radius 3 is 1.64 bits per heavy atom. The molecule has 6 nitrogen and oxygen atoms in total. The van der Waals surface area contributed by atoms with Gasteiger partial charge in [-0.25, -0.2) is 0 Å². The summed E-state index contributed by atoms with van der Waals surface area (Å²) in [7, 11) is 4.89. The lowest BCUT2D eigenvalue weighted by molar-refractivity contribution is -0.890. The molecule has 0 heterocycles. The zero-order valence-corrected chi connectivity index (χ0v) is 38.2. The topological polar surface area (TPSA) is 101 Å². The lowest BCUT2D eigenvalue weighted by Gasteiger charge is -2.63. The summed E-state index contributed by atoms with van der Waals surface area (Å²) in [5.74, 6) is 0.635. The number of fused-ring (bicyclic) bond motifs is 5. The number of carbonyl (C=O) groups excluding carboxylic acids is 1. The average Bonchev–Trinajstić information content (AvgIpc) is 3.51. The third-order valence-corrected chi connectivity index (χ3v) is 16.6. The monoisotopic (exact) mass is 790 g/mol. The van der Waals surface area contributed by atoms with Gasteiger partial charge in [-0.3, -0.25) is 0 Å². The highest BCUT2D eigenvalue weighted by Gasteiger charge is 2.65. The fourth-order valence-electron chi connectivity index (χ4n) is 12.8. The number of carbonyl (C=O) groups is 1. The summed E-state index contributed by atoms with van der Waals surface area (Å²) in [5, 5.41) is 43.9. The van der Waals surface area contributed by atoms with E-state index >= 15 is 0 Å². The van der Waals surface area contributed by atoms with Crippen LogP contribution in [0.4, 0.5) is 0 Å². The highest BCUT2D eigenvalue weighted by Crippen LogP contribution is 2.68. The quantitative estimate of drug-likeness (QED) is 0.0598. The Balaban J connectivity index is 0.000000302. The van der Waals surface area contributed by atoms with E-state index in [4.69, 9.17) is 0 Å². The third-order valence-electron chi connectivity index (χ3n) is 16.6. The number of carboxylic acid groups (broad SMARTS) is 1. The number of carboxylic acids is 1. The van der Waals surface area contributed by atoms with E-state index in [1.165, 1.54) is 146 Å². The van der Waals surface area contributed by atoms with Crippen molar-refractivity contribution in [1.29, 1.82) is 0 Å². The Hall–Kier alpha value is -0.690. The van der Waals surface area contributed by atoms with Crippen LogP contribution < -0.4 is 5.11 Å². The first-order valence-electron chi connectivity index (χ1n) is 24.8. The molecule has 3 N–H and O–H groups in total. The van der Waals surface area contributed by atoms with Gasteiger partial charge >= 0.3 is 0 Å². The van der Waals surface area contributed by atoms with Crippen LogP contribution in [0.3, 0.4) is 0 Å². The molecule has 0 amide bonds. The maximum absolute atomic E-state index is 11.5. The second-order valence-electron chi connectivity index (χ2n) is 21.2. The van der Waals surface area contributed by atoms with Crippen molar-refractivity contribution in [3.63, 3.8) is 0 Å². The first kappa shape index (κ1) is 49.7. The number of aliphatic carboxylic acids is 1. The number of hydrogen-bond donors (Lipinski definition) is 3. The maximum atomic E-state index is 11.5. The van der Waals surface area contributed by atoms with E-state index < -0.39 is 12.1 Å². The maximum Gasteiger partial charge on any atom is 0.0782 e. The minimum absolute atomic E-state index is 0.0747. The third kappa shape index (κ3) is 14.8. The van der Waals surface area contributed by atoms with Crippen molar-refractivity contribution in [1.82, 2.24) is 0 Å². The summed E-state index contributed by atoms with van der Waals surface area (Å²) in [6, 6.07) is 0. The van der Waals surface area contributed by atoms with Gasteiger partial charge in [0.2, 0.25) is 0 Å². The number of unbranched alkanes of at least 4 members (excludes halogenated alkanes) is 18. The molecule has 6 heteroatoms. The van der Waals surface area contributed by atoms with Crippen molar-refractivity contribution in [2.45, 2.75) is 239 Å². The zero-order valence-electron chi connectivity index (χ0n) is 38.2. The SMILES string of the molecule is CC(CCC(=O)[O-])C1CCC2C3C(O)CC4CC(O)CCC4(C)C3CC(O)C12C.CCCCCCCCCCCC[N+](C)(C)CCCCCCCCCCCC. The van der Waals surface area contributed by atoms with Crippen molar-refractivity contribution in [3.8, 4) is 0 Å². The van der Waals surface area contributed by atoms with Crippen LogP contribution in [-0.4, -0.2) is 71.3 Å². The summed E-state index contributed by atoms with van der Waals surface area (Å²) in [6.07, 6.45) is 34.7. The molecule has 330 valence electrons. The average molecular weight is 790 g/mol. The minimum atomic E-state index is -0.998. The first-order chi connectivity index (χ1) is 26.7. The Morgan fingerprint density at radius 1 is 0.679 bits per heavy atom. The fraction of sp³-hybridized carbons (Fsp3) is 0.980. The van der Waals surface area contributed by atoms with E-state index in [0.717, 1.165) is 44.9 Å². The number of nitrogens with zero attached hydrogens (tertiary/aromatic N) is 1. The second kappa shape index (κ2) is 25.2. The van der Waals surface area contributed by atoms with Gasteiger partial charge in [-0.05, 0) is 130 Å². The van der Waals surface area contributed by atoms with E-state index in [9.17, 15) is 25.2 Å². The molecule has 4 fully saturated rings. The highest BCUT2D eigenvalue weighted by atomic mass is 16.4. The van der Waals surface area contributed by atoms with Gasteiger partial charge in [-0.2, -0.15) is 0 Å². The van der Waals surface area contributed by atoms with Crippen LogP contribution in [0.1, 0.15) is 221 Å². The molecule has 4 rings (SSSR count). The molecule has 0 aromatic heterocycles. The van der Waals surface area contributed by atoms with Crippen LogP contribution >= 0.6 is 0 Å². The van der Waals surface area contributed by atoms with Crippen LogP contribution in [-0.2, 0) is 4.79 Å². The van der Waals surface area contributed by atoms with Crippen LogP contribution in [0.2, 0.25) is 0 Å². The van der Waals surface area contributed by atoms with Crippen LogP contribution in [0.25, 0.3) is 0 Å². The Morgan fingerprint density at radius 2 is 1.16 bits per heavy atom. The molecule has 0 saturated heterocycles. The molecule has 0 aromatic carbocycles. The molecule has 4 aliphatic carbocycles. The van der Waals surface area contributed by atoms with Crippen molar-refractivity contribution >= 4 is 5.97 Å². The Labute approximate surface area is 347 Å². The number of aliphatic hydroxyl groups excluding tert-OH is 3. The van der Waals surface area contributed by atoms with Crippen LogP contribution in [0.15, 0.2) is 0 Å². The molecule has 0 spiro atoms. The lowest BCUT2D eigenvalue weighted by Crippen LogP contribution is -2.62. The summed E-state index contributed by atoms with van der Waals surface area (Å²) >= 11 is 0. The number of aliphatic hydroxyl groups is 3. The molecule has 0 radical (unpaired) electrons. The fourth-order valence-corrected chi connectivity index (χ4v) is 12.8. The minimum Gasteiger partial charge on any atom is -0.550 e. The van der Waals surface area contributed by atoms with E-state index in [1.54, 1.807) is 0 Å². The van der Waals surface area contributed by atoms with Crippen molar-refractivity contribution < 1.29 is 29.7 Å². The molecule has 0 aliphatic heterocycles. The summed E-state index contributed by atoms with van der Waals surface area (Å²) in [4.78, 5) is 11.0. The molecule has 4 saturated carbocycles. The zero-order chi connectivity index (χ0) is 41.2. The molecule has 56 heavy (non-hydrogen) atoms. The van der Waals surface area contributed by atoms with Gasteiger partial charge in [0.1, 0.15) is 0 Å². The van der Waals surface area contributed by atoms with Gasteiger partial charge < -0.3 is 29.7 Å². The normalized spacial score (nSPS) is 33.2. The Kier molecular flexibility index (Phi) is 22.3. The van der Waals surface area contributed by atoms with E-state index in [0.29, 0.717) is 18.3 Å². The molecule has 11 atom stereocenters. The van der Waals surface area contributed by atoms with Gasteiger partial charge in [0.25, 0.3) is 0 Å². The van der Waals surface area contributed by atoms with Crippen molar-refractivity contribution in [3.05, 3.63) is 0 Å². The molecule has 0 bridgehead atoms. The van der Waals surface area contributed by atoms with Gasteiger partial charge in [-0.1, -0.05) is 137 Å². The molecular formula is C50H95NO5. The molecule has 0 aromatic rings. The smallest absolute Gasteiger partial charge is 0.0782 e. The predicted molar refractivity (Wildman–Crippen MR) is 233 cm³/mol. The van der Waals surface area contributed by atoms with Crippen LogP contribution in [0, 0.1) is 46.3 Å². The van der Waals surface area contributed by atoms with E-state index in [1.807, 2.05) is 0 Å². The number of quaternary nitrogens is 1. The predicted octanol–water partition coefficient (Wildman–Crippen LogP) is 11.0. The summed E-state index contributed by atoms with van der Waals surface area (Å²) in [5.41, 5.74) is -0.172. The second-order valence-corrected chi connectivity index (χ2v) is 21.2. The molecule has 4 aliphatic rings. The standard InChI is InChI=1S/C26H56N.C24H40O5/c1-5-7-9-11-13-15-17-19-21-23-25-27(3,4)26-24-22-20-18-16-14-12-10-8-6-2;1-13(4-7-21(28)29)16-5-6-17-22-18(12-20(27)24(16,17)3)23(2)9-8-15(25)10-14(23)11-19(22)26/h5-26H2,1-4H3;13-20,22,25-27H,4-12H2,1-3H3,(H,28,29)/q+1;/p-1. The van der Waals surface area contributed by atoms with Gasteiger partial charge in [-0.15, -0.1) is 0 Å². The summed E-state index contributed by atoms with van der Waals surface area (Å²) in [6.45, 7) is 14.0. The van der Waals surface area contributed by atoms with Crippen molar-refractivity contribution in [2.24, 2.45) is 46.3 Å². The highest BCUT2D eigenvalue weighted by molar-refractivity contribution is 5.64. The lowest BCUT2D eigenvalue weighted by atomic mass is 9.43. The summed E-state index contributed by atoms with van der Waals surface area (Å²) < 4.78 is 1.24. The van der Waals surface area contributed by atoms with Crippen LogP contribution in [0.5, 0.6) is 0 Å². The Bertz CT molecular complexity index is 1040. The largest absolute Gasteiger partial charge is 0.550 e. The van der Waals surface area contributed by atoms with Gasteiger partial charge in [0.05, 0.1) is 45.5 Å².